The van der Waals surface area contributed by atoms with E-state index in [1.165, 1.54) is 11.3 Å². The minimum Gasteiger partial charge on any atom is -0.395 e. The monoisotopic (exact) mass is 238 g/mol. The summed E-state index contributed by atoms with van der Waals surface area (Å²) in [6.07, 6.45) is 2.44. The Hall–Kier alpha value is -1.46. The molecule has 1 aromatic heterocycles. The van der Waals surface area contributed by atoms with Crippen molar-refractivity contribution in [3.8, 4) is 0 Å². The molecule has 0 aromatic carbocycles. The second-order valence-corrected chi connectivity index (χ2v) is 4.16. The van der Waals surface area contributed by atoms with Crippen molar-refractivity contribution in [1.82, 2.24) is 5.32 Å². The number of thiophene rings is 1. The van der Waals surface area contributed by atoms with E-state index < -0.39 is 0 Å². The first-order chi connectivity index (χ1) is 7.72. The fourth-order valence-electron chi connectivity index (χ4n) is 1.22. The lowest BCUT2D eigenvalue weighted by Gasteiger charge is -2.02. The Labute approximate surface area is 97.6 Å². The Balaban J connectivity index is 3.26. The highest BCUT2D eigenvalue weighted by atomic mass is 32.1. The van der Waals surface area contributed by atoms with Crippen molar-refractivity contribution in [3.05, 3.63) is 20.7 Å². The number of aliphatic imine (C=N–C) groups is 1. The number of carbonyl (C=O) groups excluding carboxylic acids is 1. The maximum atomic E-state index is 10.6. The van der Waals surface area contributed by atoms with E-state index in [9.17, 15) is 4.79 Å². The zero-order valence-corrected chi connectivity index (χ0v) is 9.88. The van der Waals surface area contributed by atoms with Crippen molar-refractivity contribution in [2.24, 2.45) is 4.99 Å². The molecule has 0 saturated heterocycles. The molecule has 0 bridgehead atoms. The minimum atomic E-state index is 0.0277. The average Bonchev–Trinajstić information content (AvgIpc) is 2.66. The molecule has 5 heteroatoms. The van der Waals surface area contributed by atoms with E-state index in [4.69, 9.17) is 5.11 Å². The Kier molecular flexibility index (Phi) is 4.88. The molecule has 0 amide bonds. The Bertz CT molecular complexity index is 491. The second-order valence-electron chi connectivity index (χ2n) is 2.99. The van der Waals surface area contributed by atoms with Gasteiger partial charge in [-0.25, -0.2) is 4.99 Å². The van der Waals surface area contributed by atoms with E-state index in [2.05, 4.69) is 16.9 Å². The van der Waals surface area contributed by atoms with Crippen LogP contribution in [0.4, 0.5) is 0 Å². The summed E-state index contributed by atoms with van der Waals surface area (Å²) in [6, 6.07) is 1.74. The molecule has 0 aliphatic carbocycles. The standard InChI is InChI=1S/C11H14N2O2S/c1-3-12-11(13-4-5-14)10-6-9(7-15)16-8(10)2/h3,6-7,13-14H,2,4-5H2,1H3/b11-10+,12-3-. The SMILES string of the molecule is C=c1sc(C=O)c/c1=C(/N=C\C)NCCO. The molecule has 1 aromatic rings. The van der Waals surface area contributed by atoms with Gasteiger partial charge in [0, 0.05) is 22.5 Å². The zero-order chi connectivity index (χ0) is 12.0. The molecule has 0 atom stereocenters. The van der Waals surface area contributed by atoms with Crippen molar-refractivity contribution in [3.63, 3.8) is 0 Å². The van der Waals surface area contributed by atoms with Gasteiger partial charge in [0.2, 0.25) is 0 Å². The Morgan fingerprint density at radius 1 is 1.75 bits per heavy atom. The summed E-state index contributed by atoms with van der Waals surface area (Å²) < 4.78 is 0.785. The van der Waals surface area contributed by atoms with Crippen LogP contribution in [0.5, 0.6) is 0 Å². The first-order valence-corrected chi connectivity index (χ1v) is 5.66. The van der Waals surface area contributed by atoms with Crippen molar-refractivity contribution in [2.75, 3.05) is 13.2 Å². The molecule has 0 unspecified atom stereocenters. The van der Waals surface area contributed by atoms with E-state index >= 15 is 0 Å². The zero-order valence-electron chi connectivity index (χ0n) is 9.06. The lowest BCUT2D eigenvalue weighted by molar-refractivity contribution is 0.112. The number of aldehydes is 1. The maximum Gasteiger partial charge on any atom is 0.160 e. The van der Waals surface area contributed by atoms with Crippen LogP contribution < -0.4 is 15.1 Å². The van der Waals surface area contributed by atoms with E-state index in [1.54, 1.807) is 19.2 Å². The number of rotatable bonds is 5. The predicted molar refractivity (Wildman–Crippen MR) is 67.1 cm³/mol. The molecule has 0 aliphatic rings. The van der Waals surface area contributed by atoms with E-state index in [-0.39, 0.29) is 6.61 Å². The lowest BCUT2D eigenvalue weighted by atomic mass is 10.3. The van der Waals surface area contributed by atoms with Crippen LogP contribution in [-0.4, -0.2) is 30.8 Å². The van der Waals surface area contributed by atoms with Gasteiger partial charge in [-0.1, -0.05) is 6.58 Å². The number of nitrogens with zero attached hydrogens (tertiary/aromatic N) is 1. The number of hydrogen-bond donors (Lipinski definition) is 2. The third kappa shape index (κ3) is 3.01. The topological polar surface area (TPSA) is 61.7 Å². The van der Waals surface area contributed by atoms with Crippen molar-refractivity contribution in [2.45, 2.75) is 6.92 Å². The number of carbonyl (C=O) groups is 1. The van der Waals surface area contributed by atoms with Crippen LogP contribution in [0, 0.1) is 0 Å². The summed E-state index contributed by atoms with van der Waals surface area (Å²) in [5, 5.41) is 12.5. The van der Waals surface area contributed by atoms with E-state index in [0.717, 1.165) is 16.0 Å². The van der Waals surface area contributed by atoms with Gasteiger partial charge in [0.15, 0.2) is 6.29 Å². The summed E-state index contributed by atoms with van der Waals surface area (Å²) in [7, 11) is 0. The average molecular weight is 238 g/mol. The summed E-state index contributed by atoms with van der Waals surface area (Å²) >= 11 is 1.33. The van der Waals surface area contributed by atoms with Gasteiger partial charge in [0.25, 0.3) is 0 Å². The second kappa shape index (κ2) is 6.19. The minimum absolute atomic E-state index is 0.0277. The molecule has 0 spiro atoms. The molecule has 2 N–H and O–H groups in total. The lowest BCUT2D eigenvalue weighted by Crippen LogP contribution is -2.28. The fourth-order valence-corrected chi connectivity index (χ4v) is 2.00. The van der Waals surface area contributed by atoms with E-state index in [0.29, 0.717) is 17.2 Å². The van der Waals surface area contributed by atoms with Crippen LogP contribution in [0.25, 0.3) is 12.4 Å². The summed E-state index contributed by atoms with van der Waals surface area (Å²) in [6.45, 7) is 6.11. The Morgan fingerprint density at radius 2 is 2.50 bits per heavy atom. The van der Waals surface area contributed by atoms with Gasteiger partial charge in [-0.2, -0.15) is 0 Å². The van der Waals surface area contributed by atoms with Crippen LogP contribution >= 0.6 is 11.3 Å². The molecule has 86 valence electrons. The third-order valence-electron chi connectivity index (χ3n) is 1.86. The molecule has 0 aliphatic heterocycles. The molecular weight excluding hydrogens is 224 g/mol. The molecule has 0 radical (unpaired) electrons. The smallest absolute Gasteiger partial charge is 0.160 e. The number of aliphatic hydroxyl groups is 1. The van der Waals surface area contributed by atoms with Crippen molar-refractivity contribution < 1.29 is 9.90 Å². The molecule has 16 heavy (non-hydrogen) atoms. The Morgan fingerprint density at radius 3 is 3.00 bits per heavy atom. The first-order valence-electron chi connectivity index (χ1n) is 4.84. The summed E-state index contributed by atoms with van der Waals surface area (Å²) in [4.78, 5) is 15.4. The van der Waals surface area contributed by atoms with Crippen LogP contribution in [0.1, 0.15) is 16.6 Å². The normalized spacial score (nSPS) is 12.9. The summed E-state index contributed by atoms with van der Waals surface area (Å²) in [5.41, 5.74) is 0. The molecule has 1 rings (SSSR count). The number of hydrogen-bond acceptors (Lipinski definition) is 5. The quantitative estimate of drug-likeness (QED) is 0.547. The molecule has 0 fully saturated rings. The summed E-state index contributed by atoms with van der Waals surface area (Å²) in [5.74, 6) is 0.630. The van der Waals surface area contributed by atoms with Gasteiger partial charge < -0.3 is 10.4 Å². The molecule has 0 saturated carbocycles. The first kappa shape index (κ1) is 12.6. The van der Waals surface area contributed by atoms with Gasteiger partial charge in [-0.05, 0) is 13.0 Å². The highest BCUT2D eigenvalue weighted by Gasteiger charge is 2.00. The number of nitrogens with one attached hydrogen (secondary N) is 1. The molecule has 1 heterocycles. The van der Waals surface area contributed by atoms with E-state index in [1.807, 2.05) is 0 Å². The van der Waals surface area contributed by atoms with Crippen LogP contribution in [0.2, 0.25) is 0 Å². The van der Waals surface area contributed by atoms with Crippen molar-refractivity contribution in [1.29, 1.82) is 0 Å². The van der Waals surface area contributed by atoms with Gasteiger partial charge in [-0.3, -0.25) is 4.79 Å². The fraction of sp³-hybridized carbons (Fsp3) is 0.273. The number of aliphatic hydroxyl groups excluding tert-OH is 1. The molecular formula is C11H14N2O2S. The third-order valence-corrected chi connectivity index (χ3v) is 2.78. The van der Waals surface area contributed by atoms with Crippen molar-refractivity contribution >= 4 is 36.2 Å². The van der Waals surface area contributed by atoms with Crippen LogP contribution in [0.15, 0.2) is 11.1 Å². The van der Waals surface area contributed by atoms with Gasteiger partial charge in [0.05, 0.1) is 11.5 Å². The predicted octanol–water partition coefficient (Wildman–Crippen LogP) is -0.291. The van der Waals surface area contributed by atoms with Crippen LogP contribution in [-0.2, 0) is 0 Å². The van der Waals surface area contributed by atoms with Gasteiger partial charge in [-0.15, -0.1) is 11.3 Å². The maximum absolute atomic E-state index is 10.6. The van der Waals surface area contributed by atoms with Crippen LogP contribution in [0.3, 0.4) is 0 Å². The largest absolute Gasteiger partial charge is 0.395 e. The van der Waals surface area contributed by atoms with Gasteiger partial charge >= 0.3 is 0 Å². The highest BCUT2D eigenvalue weighted by molar-refractivity contribution is 7.11. The highest BCUT2D eigenvalue weighted by Crippen LogP contribution is 1.96. The molecule has 4 nitrogen and oxygen atoms in total. The van der Waals surface area contributed by atoms with Gasteiger partial charge in [0.1, 0.15) is 5.82 Å².